The number of carbonyl (C=O) groups is 6. The molecule has 0 bridgehead atoms. The highest BCUT2D eigenvalue weighted by atomic mass is 16.6. The van der Waals surface area contributed by atoms with Gasteiger partial charge in [0.1, 0.15) is 18.8 Å². The molecule has 38 heavy (non-hydrogen) atoms. The van der Waals surface area contributed by atoms with Gasteiger partial charge in [-0.3, -0.25) is 4.79 Å². The number of carboxylic acid groups (broad SMARTS) is 3. The number of urea groups is 1. The third-order valence-corrected chi connectivity index (χ3v) is 5.68. The molecular formula is C23H30N4O11. The van der Waals surface area contributed by atoms with Gasteiger partial charge in [0.05, 0.1) is 0 Å². The van der Waals surface area contributed by atoms with Gasteiger partial charge < -0.3 is 45.2 Å². The van der Waals surface area contributed by atoms with Gasteiger partial charge in [0, 0.05) is 32.6 Å². The van der Waals surface area contributed by atoms with Crippen molar-refractivity contribution >= 4 is 36.1 Å². The van der Waals surface area contributed by atoms with Crippen LogP contribution in [0.5, 0.6) is 0 Å². The fraction of sp³-hybridized carbons (Fsp3) is 0.478. The number of amides is 4. The maximum atomic E-state index is 12.4. The molecule has 4 amide bonds. The zero-order valence-electron chi connectivity index (χ0n) is 20.6. The van der Waals surface area contributed by atoms with E-state index in [1.807, 2.05) is 41.0 Å². The number of aliphatic carboxylic acids is 3. The first-order valence-corrected chi connectivity index (χ1v) is 11.6. The fourth-order valence-electron chi connectivity index (χ4n) is 3.33. The predicted molar refractivity (Wildman–Crippen MR) is 127 cm³/mol. The van der Waals surface area contributed by atoms with Crippen LogP contribution in [-0.2, 0) is 30.5 Å². The lowest BCUT2D eigenvalue weighted by Gasteiger charge is -2.33. The fourth-order valence-corrected chi connectivity index (χ4v) is 3.33. The topological polar surface area (TPSA) is 212 Å². The molecule has 1 unspecified atom stereocenters. The van der Waals surface area contributed by atoms with Gasteiger partial charge in [-0.2, -0.15) is 0 Å². The van der Waals surface area contributed by atoms with Crippen LogP contribution >= 0.6 is 0 Å². The number of nitrogens with one attached hydrogen (secondary N) is 2. The lowest BCUT2D eigenvalue weighted by Crippen LogP contribution is -2.58. The van der Waals surface area contributed by atoms with Crippen molar-refractivity contribution in [2.24, 2.45) is 0 Å². The molecule has 1 heterocycles. The van der Waals surface area contributed by atoms with Crippen LogP contribution < -0.4 is 10.6 Å². The second-order valence-corrected chi connectivity index (χ2v) is 8.61. The van der Waals surface area contributed by atoms with E-state index in [1.165, 1.54) is 9.80 Å². The van der Waals surface area contributed by atoms with Crippen molar-refractivity contribution in [3.8, 4) is 0 Å². The quantitative estimate of drug-likeness (QED) is 0.262. The van der Waals surface area contributed by atoms with E-state index in [4.69, 9.17) is 14.6 Å². The third kappa shape index (κ3) is 9.15. The van der Waals surface area contributed by atoms with Crippen molar-refractivity contribution in [3.63, 3.8) is 0 Å². The summed E-state index contributed by atoms with van der Waals surface area (Å²) in [5, 5.41) is 31.5. The monoisotopic (exact) mass is 538 g/mol. The zero-order valence-corrected chi connectivity index (χ0v) is 20.6. The van der Waals surface area contributed by atoms with E-state index >= 15 is 0 Å². The number of benzene rings is 1. The molecule has 0 radical (unpaired) electrons. The Bertz CT molecular complexity index is 1030. The molecule has 1 aromatic carbocycles. The van der Waals surface area contributed by atoms with E-state index in [-0.39, 0.29) is 32.8 Å². The summed E-state index contributed by atoms with van der Waals surface area (Å²) in [5.74, 6) is -4.35. The van der Waals surface area contributed by atoms with E-state index in [1.54, 1.807) is 0 Å². The summed E-state index contributed by atoms with van der Waals surface area (Å²) in [4.78, 5) is 73.3. The highest BCUT2D eigenvalue weighted by molar-refractivity contribution is 5.88. The minimum absolute atomic E-state index is 0.101. The molecule has 15 nitrogen and oxygen atoms in total. The molecule has 0 aromatic heterocycles. The lowest BCUT2D eigenvalue weighted by molar-refractivity contribution is -0.145. The molecule has 0 saturated carbocycles. The lowest BCUT2D eigenvalue weighted by atomic mass is 9.96. The van der Waals surface area contributed by atoms with Gasteiger partial charge in [-0.05, 0) is 18.9 Å². The molecule has 1 aliphatic heterocycles. The Kier molecular flexibility index (Phi) is 10.7. The highest BCUT2D eigenvalue weighted by Gasteiger charge is 2.36. The summed E-state index contributed by atoms with van der Waals surface area (Å²) in [6.07, 6.45) is -2.42. The summed E-state index contributed by atoms with van der Waals surface area (Å²) in [6, 6.07) is 6.19. The van der Waals surface area contributed by atoms with Crippen LogP contribution in [0.4, 0.5) is 14.4 Å². The second-order valence-electron chi connectivity index (χ2n) is 8.61. The van der Waals surface area contributed by atoms with Crippen LogP contribution in [0.2, 0.25) is 0 Å². The minimum Gasteiger partial charge on any atom is -0.481 e. The first-order valence-electron chi connectivity index (χ1n) is 11.6. The SMILES string of the molecule is CC(CCC(=O)O)(NC(=O)N[C@@H](COC(=O)N1CCN(C(=O)OCc2ccccc2)CC1)C(=O)O)C(=O)O. The van der Waals surface area contributed by atoms with Crippen molar-refractivity contribution in [2.75, 3.05) is 32.8 Å². The molecule has 2 atom stereocenters. The average molecular weight is 539 g/mol. The summed E-state index contributed by atoms with van der Waals surface area (Å²) < 4.78 is 10.3. The van der Waals surface area contributed by atoms with Gasteiger partial charge in [0.15, 0.2) is 6.04 Å². The first-order chi connectivity index (χ1) is 17.9. The van der Waals surface area contributed by atoms with Crippen molar-refractivity contribution < 1.29 is 53.6 Å². The zero-order chi connectivity index (χ0) is 28.3. The summed E-state index contributed by atoms with van der Waals surface area (Å²) >= 11 is 0. The summed E-state index contributed by atoms with van der Waals surface area (Å²) in [6.45, 7) is 0.942. The molecule has 0 spiro atoms. The second kappa shape index (κ2) is 13.7. The molecule has 1 aliphatic rings. The number of rotatable bonds is 11. The standard InChI is InChI=1S/C23H30N4O11/c1-23(19(32)33,8-7-17(28)29)25-20(34)24-16(18(30)31)14-38-22(36)27-11-9-26(10-12-27)21(35)37-13-15-5-3-2-4-6-15/h2-6,16H,7-14H2,1H3,(H,28,29)(H,30,31)(H,32,33)(H2,24,25,34)/t16-,23?/m0/s1. The first kappa shape index (κ1) is 29.7. The number of hydrogen-bond donors (Lipinski definition) is 5. The third-order valence-electron chi connectivity index (χ3n) is 5.68. The van der Waals surface area contributed by atoms with E-state index < -0.39 is 67.2 Å². The van der Waals surface area contributed by atoms with Crippen LogP contribution in [-0.4, -0.2) is 106 Å². The molecule has 1 aromatic rings. The molecule has 2 rings (SSSR count). The smallest absolute Gasteiger partial charge is 0.410 e. The van der Waals surface area contributed by atoms with Crippen molar-refractivity contribution in [1.82, 2.24) is 20.4 Å². The van der Waals surface area contributed by atoms with Crippen LogP contribution in [0.15, 0.2) is 30.3 Å². The molecule has 15 heteroatoms. The largest absolute Gasteiger partial charge is 0.481 e. The Morgan fingerprint density at radius 1 is 0.921 bits per heavy atom. The molecule has 1 saturated heterocycles. The maximum Gasteiger partial charge on any atom is 0.410 e. The number of piperazine rings is 1. The number of ether oxygens (including phenoxy) is 2. The van der Waals surface area contributed by atoms with Gasteiger partial charge in [-0.15, -0.1) is 0 Å². The molecular weight excluding hydrogens is 508 g/mol. The Morgan fingerprint density at radius 3 is 1.97 bits per heavy atom. The maximum absolute atomic E-state index is 12.4. The number of nitrogens with zero attached hydrogens (tertiary/aromatic N) is 2. The van der Waals surface area contributed by atoms with E-state index in [0.717, 1.165) is 12.5 Å². The summed E-state index contributed by atoms with van der Waals surface area (Å²) in [7, 11) is 0. The molecule has 208 valence electrons. The van der Waals surface area contributed by atoms with Crippen LogP contribution in [0.25, 0.3) is 0 Å². The number of carbonyl (C=O) groups excluding carboxylic acids is 3. The van der Waals surface area contributed by atoms with Crippen molar-refractivity contribution in [3.05, 3.63) is 35.9 Å². The van der Waals surface area contributed by atoms with Crippen LogP contribution in [0.3, 0.4) is 0 Å². The van der Waals surface area contributed by atoms with E-state index in [2.05, 4.69) is 0 Å². The van der Waals surface area contributed by atoms with Gasteiger partial charge in [-0.25, -0.2) is 24.0 Å². The van der Waals surface area contributed by atoms with Gasteiger partial charge in [0.25, 0.3) is 0 Å². The van der Waals surface area contributed by atoms with Gasteiger partial charge in [0.2, 0.25) is 0 Å². The van der Waals surface area contributed by atoms with Crippen molar-refractivity contribution in [2.45, 2.75) is 38.0 Å². The molecule has 0 aliphatic carbocycles. The molecule has 5 N–H and O–H groups in total. The normalized spacial score (nSPS) is 15.4. The van der Waals surface area contributed by atoms with Gasteiger partial charge >= 0.3 is 36.1 Å². The predicted octanol–water partition coefficient (Wildman–Crippen LogP) is 0.538. The Labute approximate surface area is 217 Å². The average Bonchev–Trinajstić information content (AvgIpc) is 2.88. The number of carboxylic acids is 3. The minimum atomic E-state index is -1.98. The van der Waals surface area contributed by atoms with E-state index in [0.29, 0.717) is 0 Å². The van der Waals surface area contributed by atoms with Gasteiger partial charge in [-0.1, -0.05) is 30.3 Å². The molecule has 1 fully saturated rings. The highest BCUT2D eigenvalue weighted by Crippen LogP contribution is 2.13. The van der Waals surface area contributed by atoms with Crippen LogP contribution in [0, 0.1) is 0 Å². The number of hydrogen-bond acceptors (Lipinski definition) is 8. The Morgan fingerprint density at radius 2 is 1.47 bits per heavy atom. The summed E-state index contributed by atoms with van der Waals surface area (Å²) in [5.41, 5.74) is -1.16. The van der Waals surface area contributed by atoms with Crippen LogP contribution in [0.1, 0.15) is 25.3 Å². The van der Waals surface area contributed by atoms with Crippen molar-refractivity contribution in [1.29, 1.82) is 0 Å². The van der Waals surface area contributed by atoms with E-state index in [9.17, 15) is 39.0 Å². The Balaban J connectivity index is 1.80. The Hall–Kier alpha value is -4.56.